The van der Waals surface area contributed by atoms with Crippen molar-refractivity contribution in [3.8, 4) is 0 Å². The smallest absolute Gasteiger partial charge is 0.411 e. The average molecular weight is 343 g/mol. The molecule has 0 aromatic heterocycles. The van der Waals surface area contributed by atoms with E-state index in [-0.39, 0.29) is 25.0 Å². The molecular weight excluding hydrogens is 314 g/mol. The molecule has 1 aliphatic heterocycles. The zero-order valence-electron chi connectivity index (χ0n) is 15.3. The number of likely N-dealkylation sites (tertiary alicyclic amines) is 1. The van der Waals surface area contributed by atoms with E-state index in [1.165, 1.54) is 4.90 Å². The van der Waals surface area contributed by atoms with Gasteiger partial charge in [-0.05, 0) is 53.9 Å². The Hall–Kier alpha value is -1.79. The lowest BCUT2D eigenvalue weighted by Crippen LogP contribution is -2.47. The van der Waals surface area contributed by atoms with E-state index < -0.39 is 23.7 Å². The van der Waals surface area contributed by atoms with Gasteiger partial charge in [-0.1, -0.05) is 0 Å². The highest BCUT2D eigenvalue weighted by Gasteiger charge is 2.43. The minimum absolute atomic E-state index is 0.202. The maximum atomic E-state index is 12.5. The van der Waals surface area contributed by atoms with Gasteiger partial charge < -0.3 is 14.2 Å². The molecule has 0 radical (unpaired) electrons. The summed E-state index contributed by atoms with van der Waals surface area (Å²) in [6.45, 7) is 9.37. The van der Waals surface area contributed by atoms with Crippen LogP contribution in [0, 0.1) is 0 Å². The Morgan fingerprint density at radius 2 is 1.67 bits per heavy atom. The van der Waals surface area contributed by atoms with Crippen LogP contribution in [0.2, 0.25) is 0 Å². The summed E-state index contributed by atoms with van der Waals surface area (Å²) in [5.41, 5.74) is -0.662. The maximum absolute atomic E-state index is 12.5. The summed E-state index contributed by atoms with van der Waals surface area (Å²) < 4.78 is 15.4. The first-order valence-electron chi connectivity index (χ1n) is 8.53. The Bertz CT molecular complexity index is 456. The molecule has 1 amide bonds. The van der Waals surface area contributed by atoms with Crippen LogP contribution in [0.3, 0.4) is 0 Å². The summed E-state index contributed by atoms with van der Waals surface area (Å²) >= 11 is 0. The van der Waals surface area contributed by atoms with Crippen LogP contribution >= 0.6 is 0 Å². The third kappa shape index (κ3) is 6.02. The van der Waals surface area contributed by atoms with Crippen LogP contribution < -0.4 is 0 Å². The summed E-state index contributed by atoms with van der Waals surface area (Å²) in [4.78, 5) is 37.7. The van der Waals surface area contributed by atoms with Gasteiger partial charge in [0, 0.05) is 12.5 Å². The number of hydrogen-bond acceptors (Lipinski definition) is 6. The lowest BCUT2D eigenvalue weighted by molar-refractivity contribution is -0.148. The third-order valence-electron chi connectivity index (χ3n) is 3.65. The van der Waals surface area contributed by atoms with Gasteiger partial charge in [0.2, 0.25) is 0 Å². The van der Waals surface area contributed by atoms with E-state index in [0.29, 0.717) is 25.9 Å². The SMILES string of the molecule is CCOC(=O)CCC1CCC(C(=O)OCC)N1C(=O)OC(C)(C)C. The van der Waals surface area contributed by atoms with Crippen LogP contribution in [-0.4, -0.2) is 53.8 Å². The summed E-state index contributed by atoms with van der Waals surface area (Å²) in [6, 6.07) is -0.898. The van der Waals surface area contributed by atoms with Gasteiger partial charge in [-0.25, -0.2) is 9.59 Å². The lowest BCUT2D eigenvalue weighted by Gasteiger charge is -2.31. The predicted molar refractivity (Wildman–Crippen MR) is 87.4 cm³/mol. The second-order valence-electron chi connectivity index (χ2n) is 6.73. The molecule has 7 nitrogen and oxygen atoms in total. The lowest BCUT2D eigenvalue weighted by atomic mass is 10.1. The van der Waals surface area contributed by atoms with E-state index in [0.717, 1.165) is 0 Å². The van der Waals surface area contributed by atoms with Gasteiger partial charge in [-0.15, -0.1) is 0 Å². The number of carbonyl (C=O) groups excluding carboxylic acids is 3. The van der Waals surface area contributed by atoms with Gasteiger partial charge in [0.15, 0.2) is 0 Å². The summed E-state index contributed by atoms with van der Waals surface area (Å²) in [5.74, 6) is -0.733. The monoisotopic (exact) mass is 343 g/mol. The Labute approximate surface area is 143 Å². The minimum Gasteiger partial charge on any atom is -0.466 e. The van der Waals surface area contributed by atoms with Crippen molar-refractivity contribution in [2.24, 2.45) is 0 Å². The van der Waals surface area contributed by atoms with Crippen molar-refractivity contribution < 1.29 is 28.6 Å². The first-order valence-corrected chi connectivity index (χ1v) is 8.53. The normalized spacial score (nSPS) is 20.6. The summed E-state index contributed by atoms with van der Waals surface area (Å²) in [6.07, 6.45) is 1.22. The largest absolute Gasteiger partial charge is 0.466 e. The second kappa shape index (κ2) is 8.89. The van der Waals surface area contributed by atoms with Crippen LogP contribution in [0.25, 0.3) is 0 Å². The maximum Gasteiger partial charge on any atom is 0.411 e. The van der Waals surface area contributed by atoms with Crippen molar-refractivity contribution in [2.75, 3.05) is 13.2 Å². The Balaban J connectivity index is 2.83. The molecule has 2 atom stereocenters. The molecule has 24 heavy (non-hydrogen) atoms. The molecule has 1 aliphatic rings. The molecule has 1 saturated heterocycles. The predicted octanol–water partition coefficient (Wildman–Crippen LogP) is 2.66. The van der Waals surface area contributed by atoms with Gasteiger partial charge >= 0.3 is 18.0 Å². The van der Waals surface area contributed by atoms with Gasteiger partial charge in [0.05, 0.1) is 13.2 Å². The minimum atomic E-state index is -0.662. The molecule has 0 aliphatic carbocycles. The van der Waals surface area contributed by atoms with Crippen molar-refractivity contribution in [3.05, 3.63) is 0 Å². The van der Waals surface area contributed by atoms with E-state index in [1.54, 1.807) is 34.6 Å². The van der Waals surface area contributed by atoms with Crippen molar-refractivity contribution >= 4 is 18.0 Å². The molecule has 0 spiro atoms. The van der Waals surface area contributed by atoms with Crippen molar-refractivity contribution in [3.63, 3.8) is 0 Å². The van der Waals surface area contributed by atoms with Gasteiger partial charge in [-0.2, -0.15) is 0 Å². The fourth-order valence-electron chi connectivity index (χ4n) is 2.74. The standard InChI is InChI=1S/C17H29NO6/c1-6-22-14(19)11-9-12-8-10-13(15(20)23-7-2)18(12)16(21)24-17(3,4)5/h12-13H,6-11H2,1-5H3. The third-order valence-corrected chi connectivity index (χ3v) is 3.65. The molecule has 0 aromatic rings. The molecule has 0 N–H and O–H groups in total. The van der Waals surface area contributed by atoms with Gasteiger partial charge in [0.1, 0.15) is 11.6 Å². The van der Waals surface area contributed by atoms with E-state index in [2.05, 4.69) is 0 Å². The molecule has 7 heteroatoms. The Morgan fingerprint density at radius 3 is 2.21 bits per heavy atom. The van der Waals surface area contributed by atoms with E-state index in [9.17, 15) is 14.4 Å². The summed E-state index contributed by atoms with van der Waals surface area (Å²) in [7, 11) is 0. The molecule has 0 bridgehead atoms. The van der Waals surface area contributed by atoms with Crippen molar-refractivity contribution in [2.45, 2.75) is 78.0 Å². The van der Waals surface area contributed by atoms with E-state index in [1.807, 2.05) is 0 Å². The summed E-state index contributed by atoms with van der Waals surface area (Å²) in [5, 5.41) is 0. The number of ether oxygens (including phenoxy) is 3. The molecule has 138 valence electrons. The van der Waals surface area contributed by atoms with Crippen LogP contribution in [0.5, 0.6) is 0 Å². The van der Waals surface area contributed by atoms with Crippen LogP contribution in [-0.2, 0) is 23.8 Å². The molecule has 2 unspecified atom stereocenters. The number of esters is 2. The topological polar surface area (TPSA) is 82.1 Å². The fraction of sp³-hybridized carbons (Fsp3) is 0.824. The van der Waals surface area contributed by atoms with Crippen LogP contribution in [0.1, 0.15) is 60.3 Å². The highest BCUT2D eigenvalue weighted by molar-refractivity contribution is 5.82. The number of carbonyl (C=O) groups is 3. The first-order chi connectivity index (χ1) is 11.2. The van der Waals surface area contributed by atoms with E-state index >= 15 is 0 Å². The molecule has 0 aromatic carbocycles. The molecule has 1 fully saturated rings. The fourth-order valence-corrected chi connectivity index (χ4v) is 2.74. The van der Waals surface area contributed by atoms with E-state index in [4.69, 9.17) is 14.2 Å². The number of hydrogen-bond donors (Lipinski definition) is 0. The molecule has 1 heterocycles. The van der Waals surface area contributed by atoms with Crippen LogP contribution in [0.15, 0.2) is 0 Å². The zero-order chi connectivity index (χ0) is 18.3. The highest BCUT2D eigenvalue weighted by atomic mass is 16.6. The Morgan fingerprint density at radius 1 is 1.04 bits per heavy atom. The van der Waals surface area contributed by atoms with Crippen LogP contribution in [0.4, 0.5) is 4.79 Å². The first kappa shape index (κ1) is 20.3. The van der Waals surface area contributed by atoms with Gasteiger partial charge in [0.25, 0.3) is 0 Å². The number of amides is 1. The molecule has 1 rings (SSSR count). The molecule has 0 saturated carbocycles. The van der Waals surface area contributed by atoms with Gasteiger partial charge in [-0.3, -0.25) is 9.69 Å². The molecular formula is C17H29NO6. The zero-order valence-corrected chi connectivity index (χ0v) is 15.3. The van der Waals surface area contributed by atoms with Crippen molar-refractivity contribution in [1.82, 2.24) is 4.90 Å². The number of rotatable bonds is 6. The quantitative estimate of drug-likeness (QED) is 0.545. The highest BCUT2D eigenvalue weighted by Crippen LogP contribution is 2.30. The number of nitrogens with zero attached hydrogens (tertiary/aromatic N) is 1. The average Bonchev–Trinajstić information content (AvgIpc) is 2.88. The Kier molecular flexibility index (Phi) is 7.51. The second-order valence-corrected chi connectivity index (χ2v) is 6.73. The van der Waals surface area contributed by atoms with Crippen molar-refractivity contribution in [1.29, 1.82) is 0 Å².